The zero-order valence-electron chi connectivity index (χ0n) is 11.9. The van der Waals surface area contributed by atoms with E-state index in [1.54, 1.807) is 0 Å². The molecule has 0 aliphatic heterocycles. The Kier molecular flexibility index (Phi) is 5.00. The zero-order valence-corrected chi connectivity index (χ0v) is 15.1. The quantitative estimate of drug-likeness (QED) is 0.721. The number of nitrogens with zero attached hydrogens (tertiary/aromatic N) is 2. The number of aromatic nitrogens is 2. The Morgan fingerprint density at radius 2 is 2.27 bits per heavy atom. The van der Waals surface area contributed by atoms with E-state index in [1.165, 1.54) is 35.9 Å². The molecule has 0 saturated heterocycles. The van der Waals surface area contributed by atoms with Gasteiger partial charge in [-0.2, -0.15) is 0 Å². The summed E-state index contributed by atoms with van der Waals surface area (Å²) in [5.41, 5.74) is 1.89. The van der Waals surface area contributed by atoms with Gasteiger partial charge in [0.05, 0.1) is 5.75 Å². The second kappa shape index (κ2) is 6.97. The van der Waals surface area contributed by atoms with Gasteiger partial charge in [-0.3, -0.25) is 4.79 Å². The lowest BCUT2D eigenvalue weighted by Crippen LogP contribution is -2.14. The van der Waals surface area contributed by atoms with Crippen molar-refractivity contribution in [3.63, 3.8) is 0 Å². The standard InChI is InChI=1S/C14H15BrN4OS2/c1-8-6-10(4-5-11(8)15)16-12(20)7-21-14-19-18-13(22-14)17-9-2-3-9/h4-6,9H,2-3,7H2,1H3,(H,16,20)(H,17,18). The molecule has 1 heterocycles. The van der Waals surface area contributed by atoms with Gasteiger partial charge in [-0.15, -0.1) is 10.2 Å². The number of benzene rings is 1. The van der Waals surface area contributed by atoms with E-state index in [2.05, 4.69) is 36.8 Å². The third-order valence-corrected chi connectivity index (χ3v) is 5.96. The van der Waals surface area contributed by atoms with Gasteiger partial charge in [0.2, 0.25) is 11.0 Å². The van der Waals surface area contributed by atoms with Gasteiger partial charge in [0.15, 0.2) is 4.34 Å². The molecule has 8 heteroatoms. The summed E-state index contributed by atoms with van der Waals surface area (Å²) in [7, 11) is 0. The first-order valence-corrected chi connectivity index (χ1v) is 9.48. The lowest BCUT2D eigenvalue weighted by molar-refractivity contribution is -0.113. The number of thioether (sulfide) groups is 1. The van der Waals surface area contributed by atoms with E-state index in [0.29, 0.717) is 11.8 Å². The van der Waals surface area contributed by atoms with Gasteiger partial charge < -0.3 is 10.6 Å². The molecule has 1 amide bonds. The van der Waals surface area contributed by atoms with E-state index >= 15 is 0 Å². The lowest BCUT2D eigenvalue weighted by Gasteiger charge is -2.06. The minimum Gasteiger partial charge on any atom is -0.357 e. The lowest BCUT2D eigenvalue weighted by atomic mass is 10.2. The van der Waals surface area contributed by atoms with Crippen LogP contribution in [0.15, 0.2) is 27.0 Å². The van der Waals surface area contributed by atoms with Crippen molar-refractivity contribution < 1.29 is 4.79 Å². The number of carbonyl (C=O) groups excluding carboxylic acids is 1. The number of hydrogen-bond acceptors (Lipinski definition) is 6. The normalized spacial score (nSPS) is 13.9. The van der Waals surface area contributed by atoms with Crippen molar-refractivity contribution in [1.29, 1.82) is 0 Å². The van der Waals surface area contributed by atoms with Crippen LogP contribution in [0.2, 0.25) is 0 Å². The molecule has 1 fully saturated rings. The first-order valence-electron chi connectivity index (χ1n) is 6.89. The highest BCUT2D eigenvalue weighted by Gasteiger charge is 2.22. The molecule has 1 aromatic heterocycles. The van der Waals surface area contributed by atoms with Gasteiger partial charge in [0.25, 0.3) is 0 Å². The zero-order chi connectivity index (χ0) is 15.5. The highest BCUT2D eigenvalue weighted by molar-refractivity contribution is 9.10. The minimum atomic E-state index is -0.0429. The van der Waals surface area contributed by atoms with Crippen LogP contribution < -0.4 is 10.6 Å². The van der Waals surface area contributed by atoms with Gasteiger partial charge in [-0.05, 0) is 43.5 Å². The van der Waals surface area contributed by atoms with Gasteiger partial charge in [-0.1, -0.05) is 39.0 Å². The van der Waals surface area contributed by atoms with Gasteiger partial charge >= 0.3 is 0 Å². The molecular weight excluding hydrogens is 384 g/mol. The van der Waals surface area contributed by atoms with Crippen LogP contribution >= 0.6 is 39.0 Å². The smallest absolute Gasteiger partial charge is 0.234 e. The Labute approximate surface area is 145 Å². The molecule has 2 aromatic rings. The van der Waals surface area contributed by atoms with Crippen LogP contribution in [-0.2, 0) is 4.79 Å². The molecule has 116 valence electrons. The van der Waals surface area contributed by atoms with E-state index < -0.39 is 0 Å². The number of anilines is 2. The van der Waals surface area contributed by atoms with Gasteiger partial charge in [0.1, 0.15) is 0 Å². The Morgan fingerprint density at radius 1 is 1.45 bits per heavy atom. The fraction of sp³-hybridized carbons (Fsp3) is 0.357. The summed E-state index contributed by atoms with van der Waals surface area (Å²) in [6.45, 7) is 1.99. The predicted octanol–water partition coefficient (Wildman–Crippen LogP) is 3.91. The van der Waals surface area contributed by atoms with Crippen molar-refractivity contribution in [3.05, 3.63) is 28.2 Å². The van der Waals surface area contributed by atoms with E-state index in [1.807, 2.05) is 25.1 Å². The second-order valence-corrected chi connectivity index (χ2v) is 8.15. The van der Waals surface area contributed by atoms with Crippen LogP contribution in [0, 0.1) is 6.92 Å². The SMILES string of the molecule is Cc1cc(NC(=O)CSc2nnc(NC3CC3)s2)ccc1Br. The number of hydrogen-bond donors (Lipinski definition) is 2. The van der Waals surface area contributed by atoms with Gasteiger partial charge in [0, 0.05) is 16.2 Å². The molecule has 1 aromatic carbocycles. The molecule has 2 N–H and O–H groups in total. The monoisotopic (exact) mass is 398 g/mol. The number of nitrogens with one attached hydrogen (secondary N) is 2. The van der Waals surface area contributed by atoms with E-state index in [0.717, 1.165) is 25.2 Å². The first kappa shape index (κ1) is 15.8. The largest absolute Gasteiger partial charge is 0.357 e. The average Bonchev–Trinajstić information content (AvgIpc) is 3.18. The Morgan fingerprint density at radius 3 is 3.00 bits per heavy atom. The van der Waals surface area contributed by atoms with Crippen LogP contribution in [-0.4, -0.2) is 27.9 Å². The molecular formula is C14H15BrN4OS2. The Bertz CT molecular complexity index is 687. The first-order chi connectivity index (χ1) is 10.6. The summed E-state index contributed by atoms with van der Waals surface area (Å²) in [6.07, 6.45) is 2.41. The molecule has 1 aliphatic rings. The third-order valence-electron chi connectivity index (χ3n) is 3.08. The summed E-state index contributed by atoms with van der Waals surface area (Å²) < 4.78 is 1.84. The minimum absolute atomic E-state index is 0.0429. The fourth-order valence-corrected chi connectivity index (χ4v) is 3.65. The molecule has 1 aliphatic carbocycles. The number of amides is 1. The van der Waals surface area contributed by atoms with Crippen molar-refractivity contribution in [2.24, 2.45) is 0 Å². The Hall–Kier alpha value is -1.12. The topological polar surface area (TPSA) is 66.9 Å². The van der Waals surface area contributed by atoms with Crippen molar-refractivity contribution in [2.75, 3.05) is 16.4 Å². The third kappa shape index (κ3) is 4.44. The van der Waals surface area contributed by atoms with Crippen molar-refractivity contribution in [2.45, 2.75) is 30.1 Å². The van der Waals surface area contributed by atoms with Crippen LogP contribution in [0.25, 0.3) is 0 Å². The molecule has 0 unspecified atom stereocenters. The van der Waals surface area contributed by atoms with Crippen molar-refractivity contribution >= 4 is 55.8 Å². The molecule has 3 rings (SSSR count). The molecule has 1 saturated carbocycles. The number of aryl methyl sites for hydroxylation is 1. The average molecular weight is 399 g/mol. The van der Waals surface area contributed by atoms with Crippen LogP contribution in [0.3, 0.4) is 0 Å². The molecule has 5 nitrogen and oxygen atoms in total. The van der Waals surface area contributed by atoms with E-state index in [9.17, 15) is 4.79 Å². The maximum Gasteiger partial charge on any atom is 0.234 e. The summed E-state index contributed by atoms with van der Waals surface area (Å²) in [6, 6.07) is 6.31. The Balaban J connectivity index is 1.48. The van der Waals surface area contributed by atoms with Crippen molar-refractivity contribution in [3.8, 4) is 0 Å². The maximum atomic E-state index is 12.0. The molecule has 0 spiro atoms. The molecule has 0 atom stereocenters. The summed E-state index contributed by atoms with van der Waals surface area (Å²) in [5.74, 6) is 0.284. The van der Waals surface area contributed by atoms with E-state index in [-0.39, 0.29) is 5.91 Å². The number of rotatable bonds is 6. The summed E-state index contributed by atoms with van der Waals surface area (Å²) >= 11 is 6.35. The second-order valence-electron chi connectivity index (χ2n) is 5.09. The van der Waals surface area contributed by atoms with Gasteiger partial charge in [-0.25, -0.2) is 0 Å². The van der Waals surface area contributed by atoms with Crippen LogP contribution in [0.1, 0.15) is 18.4 Å². The number of halogens is 1. The number of carbonyl (C=O) groups is 1. The highest BCUT2D eigenvalue weighted by Crippen LogP contribution is 2.30. The van der Waals surface area contributed by atoms with Crippen LogP contribution in [0.4, 0.5) is 10.8 Å². The fourth-order valence-electron chi connectivity index (χ4n) is 1.78. The van der Waals surface area contributed by atoms with Crippen molar-refractivity contribution in [1.82, 2.24) is 10.2 Å². The molecule has 0 bridgehead atoms. The maximum absolute atomic E-state index is 12.0. The highest BCUT2D eigenvalue weighted by atomic mass is 79.9. The molecule has 0 radical (unpaired) electrons. The van der Waals surface area contributed by atoms with E-state index in [4.69, 9.17) is 0 Å². The predicted molar refractivity (Wildman–Crippen MR) is 94.8 cm³/mol. The summed E-state index contributed by atoms with van der Waals surface area (Å²) in [5, 5.41) is 15.2. The van der Waals surface area contributed by atoms with Crippen LogP contribution in [0.5, 0.6) is 0 Å². The molecule has 22 heavy (non-hydrogen) atoms. The summed E-state index contributed by atoms with van der Waals surface area (Å²) in [4.78, 5) is 12.0.